The minimum atomic E-state index is -3.80. The van der Waals surface area contributed by atoms with Crippen LogP contribution in [0.3, 0.4) is 0 Å². The van der Waals surface area contributed by atoms with Gasteiger partial charge in [0.25, 0.3) is 11.8 Å². The Labute approximate surface area is 182 Å². The van der Waals surface area contributed by atoms with Gasteiger partial charge in [-0.25, -0.2) is 8.42 Å². The van der Waals surface area contributed by atoms with Crippen LogP contribution in [0.4, 0.5) is 0 Å². The van der Waals surface area contributed by atoms with Crippen LogP contribution in [0.25, 0.3) is 10.1 Å². The molecule has 0 radical (unpaired) electrons. The van der Waals surface area contributed by atoms with Crippen molar-refractivity contribution in [3.05, 3.63) is 52.1 Å². The highest BCUT2D eigenvalue weighted by Crippen LogP contribution is 2.36. The zero-order chi connectivity index (χ0) is 21.6. The van der Waals surface area contributed by atoms with E-state index in [4.69, 9.17) is 17.3 Å². The Balaban J connectivity index is 1.50. The second-order valence-corrected chi connectivity index (χ2v) is 10.3. The molecule has 1 saturated heterocycles. The number of amides is 2. The number of primary amides is 1. The SMILES string of the molecule is Cn1cc(S(=O)(=O)N2CCN(C(=O)c3sc4ccccc4c3Cl)CC2)cc1C(N)=O. The summed E-state index contributed by atoms with van der Waals surface area (Å²) in [5, 5.41) is 1.27. The van der Waals surface area contributed by atoms with Gasteiger partial charge in [-0.1, -0.05) is 29.8 Å². The third kappa shape index (κ3) is 3.49. The second-order valence-electron chi connectivity index (χ2n) is 6.97. The molecule has 2 aromatic heterocycles. The number of carbonyl (C=O) groups is 2. The quantitative estimate of drug-likeness (QED) is 0.635. The van der Waals surface area contributed by atoms with Crippen molar-refractivity contribution < 1.29 is 18.0 Å². The topological polar surface area (TPSA) is 106 Å². The van der Waals surface area contributed by atoms with E-state index in [-0.39, 0.29) is 42.7 Å². The molecule has 1 aliphatic heterocycles. The molecule has 11 heteroatoms. The highest BCUT2D eigenvalue weighted by Gasteiger charge is 2.33. The van der Waals surface area contributed by atoms with E-state index in [1.807, 2.05) is 24.3 Å². The number of benzene rings is 1. The molecule has 1 fully saturated rings. The average Bonchev–Trinajstić information content (AvgIpc) is 3.29. The molecule has 3 heterocycles. The number of aryl methyl sites for hydroxylation is 1. The summed E-state index contributed by atoms with van der Waals surface area (Å²) in [7, 11) is -2.24. The van der Waals surface area contributed by atoms with Crippen LogP contribution in [0, 0.1) is 0 Å². The summed E-state index contributed by atoms with van der Waals surface area (Å²) in [5.41, 5.74) is 5.39. The van der Waals surface area contributed by atoms with Crippen LogP contribution in [-0.2, 0) is 17.1 Å². The predicted octanol–water partition coefficient (Wildman–Crippen LogP) is 2.14. The number of rotatable bonds is 4. The van der Waals surface area contributed by atoms with Gasteiger partial charge in [-0.05, 0) is 12.1 Å². The Morgan fingerprint density at radius 2 is 1.80 bits per heavy atom. The lowest BCUT2D eigenvalue weighted by atomic mass is 10.2. The Morgan fingerprint density at radius 1 is 1.13 bits per heavy atom. The summed E-state index contributed by atoms with van der Waals surface area (Å²) < 4.78 is 29.5. The fraction of sp³-hybridized carbons (Fsp3) is 0.263. The lowest BCUT2D eigenvalue weighted by molar-refractivity contribution is 0.0703. The minimum absolute atomic E-state index is 0.00567. The molecule has 0 atom stereocenters. The summed E-state index contributed by atoms with van der Waals surface area (Å²) in [6.07, 6.45) is 1.37. The number of nitrogens with zero attached hydrogens (tertiary/aromatic N) is 3. The Hall–Kier alpha value is -2.40. The number of hydrogen-bond donors (Lipinski definition) is 1. The van der Waals surface area contributed by atoms with E-state index in [2.05, 4.69) is 0 Å². The number of aromatic nitrogens is 1. The van der Waals surface area contributed by atoms with Crippen LogP contribution in [0.1, 0.15) is 20.2 Å². The molecule has 3 aromatic rings. The summed E-state index contributed by atoms with van der Waals surface area (Å²) in [6.45, 7) is 0.797. The zero-order valence-electron chi connectivity index (χ0n) is 16.0. The van der Waals surface area contributed by atoms with Gasteiger partial charge in [0, 0.05) is 49.5 Å². The van der Waals surface area contributed by atoms with Crippen molar-refractivity contribution in [3.63, 3.8) is 0 Å². The predicted molar refractivity (Wildman–Crippen MR) is 115 cm³/mol. The number of thiophene rings is 1. The zero-order valence-corrected chi connectivity index (χ0v) is 18.4. The Bertz CT molecular complexity index is 1260. The van der Waals surface area contributed by atoms with E-state index in [0.29, 0.717) is 9.90 Å². The summed E-state index contributed by atoms with van der Waals surface area (Å²) >= 11 is 7.75. The van der Waals surface area contributed by atoms with Crippen LogP contribution in [-0.4, -0.2) is 60.2 Å². The molecular weight excluding hydrogens is 448 g/mol. The largest absolute Gasteiger partial charge is 0.364 e. The highest BCUT2D eigenvalue weighted by atomic mass is 35.5. The molecule has 1 aliphatic rings. The number of fused-ring (bicyclic) bond motifs is 1. The van der Waals surface area contributed by atoms with Gasteiger partial charge in [-0.15, -0.1) is 11.3 Å². The third-order valence-electron chi connectivity index (χ3n) is 5.13. The first-order valence-corrected chi connectivity index (χ1v) is 11.8. The van der Waals surface area contributed by atoms with Gasteiger partial charge in [0.1, 0.15) is 15.5 Å². The lowest BCUT2D eigenvalue weighted by Gasteiger charge is -2.33. The van der Waals surface area contributed by atoms with Gasteiger partial charge in [0.05, 0.1) is 5.02 Å². The van der Waals surface area contributed by atoms with E-state index in [9.17, 15) is 18.0 Å². The molecule has 8 nitrogen and oxygen atoms in total. The number of piperazine rings is 1. The van der Waals surface area contributed by atoms with E-state index >= 15 is 0 Å². The maximum Gasteiger partial charge on any atom is 0.265 e. The number of halogens is 1. The van der Waals surface area contributed by atoms with Crippen molar-refractivity contribution in [1.82, 2.24) is 13.8 Å². The van der Waals surface area contributed by atoms with Crippen LogP contribution in [0.2, 0.25) is 5.02 Å². The van der Waals surface area contributed by atoms with Crippen LogP contribution < -0.4 is 5.73 Å². The van der Waals surface area contributed by atoms with Gasteiger partial charge in [-0.3, -0.25) is 9.59 Å². The Kier molecular flexibility index (Phi) is 5.35. The summed E-state index contributed by atoms with van der Waals surface area (Å²) in [5.74, 6) is -0.899. The summed E-state index contributed by atoms with van der Waals surface area (Å²) in [6, 6.07) is 8.81. The van der Waals surface area contributed by atoms with Gasteiger partial charge < -0.3 is 15.2 Å². The molecule has 2 amide bonds. The smallest absolute Gasteiger partial charge is 0.265 e. The molecule has 158 valence electrons. The van der Waals surface area contributed by atoms with Gasteiger partial charge >= 0.3 is 0 Å². The summed E-state index contributed by atoms with van der Waals surface area (Å²) in [4.78, 5) is 26.5. The van der Waals surface area contributed by atoms with E-state index in [1.54, 1.807) is 11.9 Å². The fourth-order valence-corrected chi connectivity index (χ4v) is 6.47. The molecular formula is C19H19ClN4O4S2. The molecule has 0 saturated carbocycles. The molecule has 30 heavy (non-hydrogen) atoms. The second kappa shape index (κ2) is 7.69. The first kappa shape index (κ1) is 20.9. The molecule has 1 aromatic carbocycles. The van der Waals surface area contributed by atoms with Crippen LogP contribution >= 0.6 is 22.9 Å². The molecule has 0 unspecified atom stereocenters. The van der Waals surface area contributed by atoms with Crippen molar-refractivity contribution >= 4 is 54.9 Å². The van der Waals surface area contributed by atoms with Crippen molar-refractivity contribution in [2.45, 2.75) is 4.90 Å². The molecule has 0 bridgehead atoms. The van der Waals surface area contributed by atoms with Crippen molar-refractivity contribution in [1.29, 1.82) is 0 Å². The molecule has 4 rings (SSSR count). The normalized spacial score (nSPS) is 15.6. The van der Waals surface area contributed by atoms with Crippen molar-refractivity contribution in [2.24, 2.45) is 12.8 Å². The van der Waals surface area contributed by atoms with Gasteiger partial charge in [0.15, 0.2) is 0 Å². The van der Waals surface area contributed by atoms with Crippen molar-refractivity contribution in [2.75, 3.05) is 26.2 Å². The molecule has 0 aliphatic carbocycles. The first-order chi connectivity index (χ1) is 14.2. The number of sulfonamides is 1. The maximum atomic E-state index is 13.0. The highest BCUT2D eigenvalue weighted by molar-refractivity contribution is 7.89. The van der Waals surface area contributed by atoms with Gasteiger partial charge in [0.2, 0.25) is 10.0 Å². The van der Waals surface area contributed by atoms with E-state index < -0.39 is 15.9 Å². The lowest BCUT2D eigenvalue weighted by Crippen LogP contribution is -2.50. The fourth-order valence-electron chi connectivity index (χ4n) is 3.50. The van der Waals surface area contributed by atoms with Crippen LogP contribution in [0.15, 0.2) is 41.4 Å². The van der Waals surface area contributed by atoms with Gasteiger partial charge in [-0.2, -0.15) is 4.31 Å². The van der Waals surface area contributed by atoms with Crippen LogP contribution in [0.5, 0.6) is 0 Å². The van der Waals surface area contributed by atoms with E-state index in [1.165, 1.54) is 32.5 Å². The van der Waals surface area contributed by atoms with E-state index in [0.717, 1.165) is 10.1 Å². The van der Waals surface area contributed by atoms with Crippen molar-refractivity contribution in [3.8, 4) is 0 Å². The molecule has 0 spiro atoms. The number of carbonyl (C=O) groups excluding carboxylic acids is 2. The monoisotopic (exact) mass is 466 g/mol. The molecule has 2 N–H and O–H groups in total. The standard InChI is InChI=1S/C19H19ClN4O4S2/c1-22-11-12(10-14(22)18(21)25)30(27,28)24-8-6-23(7-9-24)19(26)17-16(20)13-4-2-3-5-15(13)29-17/h2-5,10-11H,6-9H2,1H3,(H2,21,25). The average molecular weight is 467 g/mol. The third-order valence-corrected chi connectivity index (χ3v) is 8.65. The number of hydrogen-bond acceptors (Lipinski definition) is 5. The number of nitrogens with two attached hydrogens (primary N) is 1. The first-order valence-electron chi connectivity index (χ1n) is 9.13. The minimum Gasteiger partial charge on any atom is -0.364 e. The maximum absolute atomic E-state index is 13.0. The Morgan fingerprint density at radius 3 is 2.40 bits per heavy atom.